The van der Waals surface area contributed by atoms with Crippen LogP contribution in [-0.2, 0) is 19.6 Å². The van der Waals surface area contributed by atoms with Crippen LogP contribution < -0.4 is 4.18 Å². The van der Waals surface area contributed by atoms with Crippen LogP contribution in [0.5, 0.6) is 5.75 Å². The molecule has 2 aromatic rings. The number of aromatic carboxylic acids is 1. The molecule has 0 spiro atoms. The highest BCUT2D eigenvalue weighted by molar-refractivity contribution is 7.88. The smallest absolute Gasteiger partial charge is 0.476 e. The predicted octanol–water partition coefficient (Wildman–Crippen LogP) is 0.776. The predicted molar refractivity (Wildman–Crippen MR) is 79.5 cm³/mol. The molecule has 2 N–H and O–H groups in total. The molecule has 1 unspecified atom stereocenters. The third-order valence-corrected chi connectivity index (χ3v) is 4.30. The number of ether oxygens (including phenoxy) is 1. The second-order valence-electron chi connectivity index (χ2n) is 5.13. The number of hydrogen-bond donors (Lipinski definition) is 2. The van der Waals surface area contributed by atoms with Crippen LogP contribution in [-0.4, -0.2) is 52.8 Å². The quantitative estimate of drug-likeness (QED) is 0.413. The number of aliphatic hydroxyl groups excluding tert-OH is 1. The normalized spacial score (nSPS) is 13.4. The highest BCUT2D eigenvalue weighted by Gasteiger charge is 2.49. The number of carbonyl (C=O) groups excluding carboxylic acids is 1. The second-order valence-corrected chi connectivity index (χ2v) is 6.67. The molecule has 0 amide bonds. The summed E-state index contributed by atoms with van der Waals surface area (Å²) in [5, 5.41) is 22.6. The molecule has 0 saturated heterocycles. The van der Waals surface area contributed by atoms with E-state index in [0.717, 1.165) is 23.9 Å². The highest BCUT2D eigenvalue weighted by atomic mass is 32.2. The van der Waals surface area contributed by atoms with Gasteiger partial charge in [-0.2, -0.15) is 26.7 Å². The van der Waals surface area contributed by atoms with Gasteiger partial charge in [0, 0.05) is 17.8 Å². The van der Waals surface area contributed by atoms with Crippen molar-refractivity contribution in [1.82, 2.24) is 9.61 Å². The molecule has 27 heavy (non-hydrogen) atoms. The summed E-state index contributed by atoms with van der Waals surface area (Å²) in [6.07, 6.45) is -1.14. The van der Waals surface area contributed by atoms with Crippen molar-refractivity contribution in [3.05, 3.63) is 29.1 Å². The number of aromatic nitrogens is 2. The number of methoxy groups -OCH3 is 1. The molecule has 0 aliphatic carbocycles. The Bertz CT molecular complexity index is 1030. The first kappa shape index (κ1) is 20.4. The van der Waals surface area contributed by atoms with E-state index < -0.39 is 56.2 Å². The zero-order valence-corrected chi connectivity index (χ0v) is 14.3. The number of halogens is 3. The largest absolute Gasteiger partial charge is 0.534 e. The summed E-state index contributed by atoms with van der Waals surface area (Å²) in [6.45, 7) is 1.20. The summed E-state index contributed by atoms with van der Waals surface area (Å²) in [6, 6.07) is 0.719. The molecule has 0 saturated carbocycles. The van der Waals surface area contributed by atoms with Crippen LogP contribution in [0.25, 0.3) is 5.52 Å². The minimum absolute atomic E-state index is 0.118. The van der Waals surface area contributed by atoms with Gasteiger partial charge in [0.05, 0.1) is 7.11 Å². The van der Waals surface area contributed by atoms with Crippen molar-refractivity contribution in [3.8, 4) is 5.75 Å². The van der Waals surface area contributed by atoms with E-state index in [1.807, 2.05) is 0 Å². The van der Waals surface area contributed by atoms with Gasteiger partial charge in [0.25, 0.3) is 0 Å². The first-order valence-corrected chi connectivity index (χ1v) is 8.23. The number of hydrogen-bond acceptors (Lipinski definition) is 8. The summed E-state index contributed by atoms with van der Waals surface area (Å²) >= 11 is 0. The van der Waals surface area contributed by atoms with Crippen LogP contribution >= 0.6 is 0 Å². The van der Waals surface area contributed by atoms with Gasteiger partial charge in [-0.3, -0.25) is 0 Å². The maximum atomic E-state index is 12.7. The van der Waals surface area contributed by atoms with Gasteiger partial charge >= 0.3 is 27.6 Å². The average molecular weight is 412 g/mol. The summed E-state index contributed by atoms with van der Waals surface area (Å²) in [5.74, 6) is -3.98. The first-order valence-electron chi connectivity index (χ1n) is 6.83. The average Bonchev–Trinajstić information content (AvgIpc) is 2.96. The van der Waals surface area contributed by atoms with E-state index in [4.69, 9.17) is 5.11 Å². The molecule has 0 radical (unpaired) electrons. The lowest BCUT2D eigenvalue weighted by atomic mass is 10.0. The molecule has 0 bridgehead atoms. The molecule has 2 aromatic heterocycles. The number of aryl methyl sites for hydroxylation is 1. The monoisotopic (exact) mass is 412 g/mol. The maximum absolute atomic E-state index is 12.7. The summed E-state index contributed by atoms with van der Waals surface area (Å²) in [4.78, 5) is 22.7. The fourth-order valence-corrected chi connectivity index (χ4v) is 2.64. The first-order chi connectivity index (χ1) is 12.3. The molecule has 10 nitrogen and oxygen atoms in total. The lowest BCUT2D eigenvalue weighted by Crippen LogP contribution is -2.29. The molecular formula is C13H11F3N2O8S. The molecule has 148 valence electrons. The molecule has 2 heterocycles. The van der Waals surface area contributed by atoms with Crippen LogP contribution in [0.15, 0.2) is 12.3 Å². The number of aliphatic hydroxyl groups is 1. The van der Waals surface area contributed by atoms with Gasteiger partial charge in [0.1, 0.15) is 5.52 Å². The number of nitrogens with zero attached hydrogens (tertiary/aromatic N) is 2. The number of carbonyl (C=O) groups is 2. The Hall–Kier alpha value is -2.87. The second kappa shape index (κ2) is 6.70. The molecular weight excluding hydrogens is 401 g/mol. The minimum Gasteiger partial charge on any atom is -0.476 e. The van der Waals surface area contributed by atoms with Gasteiger partial charge in [0.2, 0.25) is 0 Å². The standard InChI is InChI=1S/C13H11F3N2O8S/c1-5-4-18-7(3-6(17-18)11(20)21)10(8(5)9(19)12(22)25-2)26-27(23,24)13(14,15)16/h3-4,9,19H,1-2H3,(H,20,21). The van der Waals surface area contributed by atoms with E-state index in [1.165, 1.54) is 6.92 Å². The zero-order valence-electron chi connectivity index (χ0n) is 13.5. The Labute approximate surface area is 148 Å². The zero-order chi connectivity index (χ0) is 20.7. The number of pyridine rings is 1. The molecule has 0 fully saturated rings. The molecule has 2 rings (SSSR count). The van der Waals surface area contributed by atoms with Crippen LogP contribution in [0.2, 0.25) is 0 Å². The van der Waals surface area contributed by atoms with Gasteiger partial charge in [-0.05, 0) is 12.5 Å². The Morgan fingerprint density at radius 2 is 1.93 bits per heavy atom. The number of carboxylic acids is 1. The Morgan fingerprint density at radius 1 is 1.33 bits per heavy atom. The molecule has 0 aliphatic heterocycles. The van der Waals surface area contributed by atoms with Crippen LogP contribution in [0, 0.1) is 6.92 Å². The fraction of sp³-hybridized carbons (Fsp3) is 0.308. The number of carboxylic acid groups (broad SMARTS) is 1. The van der Waals surface area contributed by atoms with Crippen molar-refractivity contribution in [2.24, 2.45) is 0 Å². The van der Waals surface area contributed by atoms with E-state index in [2.05, 4.69) is 14.0 Å². The number of esters is 1. The Morgan fingerprint density at radius 3 is 2.41 bits per heavy atom. The minimum atomic E-state index is -6.21. The third kappa shape index (κ3) is 3.66. The van der Waals surface area contributed by atoms with Crippen molar-refractivity contribution < 1.29 is 50.3 Å². The van der Waals surface area contributed by atoms with Gasteiger partial charge in [0.15, 0.2) is 17.5 Å². The van der Waals surface area contributed by atoms with E-state index in [1.54, 1.807) is 0 Å². The summed E-state index contributed by atoms with van der Waals surface area (Å²) in [5.41, 5.74) is -7.78. The maximum Gasteiger partial charge on any atom is 0.534 e. The topological polar surface area (TPSA) is 144 Å². The van der Waals surface area contributed by atoms with Crippen molar-refractivity contribution >= 4 is 27.6 Å². The van der Waals surface area contributed by atoms with Gasteiger partial charge in [-0.15, -0.1) is 0 Å². The number of alkyl halides is 3. The summed E-state index contributed by atoms with van der Waals surface area (Å²) in [7, 11) is -5.33. The van der Waals surface area contributed by atoms with E-state index >= 15 is 0 Å². The van der Waals surface area contributed by atoms with Crippen molar-refractivity contribution in [2.45, 2.75) is 18.5 Å². The fourth-order valence-electron chi connectivity index (χ4n) is 2.15. The lowest BCUT2D eigenvalue weighted by molar-refractivity contribution is -0.150. The lowest BCUT2D eigenvalue weighted by Gasteiger charge is -2.18. The Kier molecular flexibility index (Phi) is 5.07. The van der Waals surface area contributed by atoms with Crippen LogP contribution in [0.1, 0.15) is 27.7 Å². The summed E-state index contributed by atoms with van der Waals surface area (Å²) < 4.78 is 70.2. The highest BCUT2D eigenvalue weighted by Crippen LogP contribution is 2.37. The van der Waals surface area contributed by atoms with Crippen molar-refractivity contribution in [2.75, 3.05) is 7.11 Å². The number of rotatable bonds is 5. The van der Waals surface area contributed by atoms with Gasteiger partial charge in [-0.25, -0.2) is 14.1 Å². The van der Waals surface area contributed by atoms with Crippen LogP contribution in [0.4, 0.5) is 13.2 Å². The van der Waals surface area contributed by atoms with E-state index in [0.29, 0.717) is 0 Å². The SMILES string of the molecule is COC(=O)C(O)c1c(C)cn2nc(C(=O)O)cc2c1OS(=O)(=O)C(F)(F)F. The Balaban J connectivity index is 2.85. The van der Waals surface area contributed by atoms with Crippen LogP contribution in [0.3, 0.4) is 0 Å². The van der Waals surface area contributed by atoms with Crippen molar-refractivity contribution in [1.29, 1.82) is 0 Å². The third-order valence-electron chi connectivity index (χ3n) is 3.35. The van der Waals surface area contributed by atoms with E-state index in [-0.39, 0.29) is 5.56 Å². The molecule has 1 atom stereocenters. The van der Waals surface area contributed by atoms with Crippen molar-refractivity contribution in [3.63, 3.8) is 0 Å². The molecule has 14 heteroatoms. The number of fused-ring (bicyclic) bond motifs is 1. The molecule has 0 aliphatic rings. The molecule has 0 aromatic carbocycles. The van der Waals surface area contributed by atoms with Gasteiger partial charge < -0.3 is 19.1 Å². The van der Waals surface area contributed by atoms with Gasteiger partial charge in [-0.1, -0.05) is 0 Å². The van der Waals surface area contributed by atoms with E-state index in [9.17, 15) is 36.3 Å².